The van der Waals surface area contributed by atoms with Crippen molar-refractivity contribution in [2.75, 3.05) is 9.80 Å². The van der Waals surface area contributed by atoms with Crippen LogP contribution in [0.25, 0.3) is 110 Å². The van der Waals surface area contributed by atoms with Crippen molar-refractivity contribution in [1.29, 1.82) is 0 Å². The summed E-state index contributed by atoms with van der Waals surface area (Å²) in [6, 6.07) is 111. The molecule has 0 N–H and O–H groups in total. The average Bonchev–Trinajstić information content (AvgIpc) is 1.18. The Kier molecular flexibility index (Phi) is 11.6. The maximum Gasteiger partial charge on any atom is 0.0468 e. The number of hydrogen-bond acceptors (Lipinski definition) is 2. The van der Waals surface area contributed by atoms with Gasteiger partial charge in [-0.3, -0.25) is 0 Å². The zero-order valence-corrected chi connectivity index (χ0v) is 53.8. The molecule has 0 aliphatic heterocycles. The van der Waals surface area contributed by atoms with E-state index in [1.165, 1.54) is 154 Å². The zero-order valence-electron chi connectivity index (χ0n) is 53.8. The standard InChI is InChI=1S/C92H68N2/c1-90(2)82-28-16-13-25-72(82)75-42-36-67(53-85(75)90)93(64-35-41-71-63(50-64)49-60-23-11-12-24-70(60)71)65-39-45-78-80(51-65)88(61-33-31-56-19-7-9-21-58(56)47-61)79-46-40-66(52-81(79)89(78)62-34-32-57-20-8-10-22-59(57)48-62)94(68-37-43-76-73-26-14-17-29-83(73)91(3,4)86(76)54-68)69-38-44-77-74-27-15-18-30-84(74)92(5,6)87(77)55-69/h7-48,50-55H,49H2,1-6H3. The van der Waals surface area contributed by atoms with Gasteiger partial charge in [0.05, 0.1) is 0 Å². The lowest BCUT2D eigenvalue weighted by atomic mass is 9.82. The molecular weight excluding hydrogens is 1130 g/mol. The van der Waals surface area contributed by atoms with Crippen LogP contribution in [0, 0.1) is 0 Å². The van der Waals surface area contributed by atoms with Crippen LogP contribution in [-0.4, -0.2) is 0 Å². The number of benzene rings is 15. The molecule has 0 saturated heterocycles. The Hall–Kier alpha value is -11.1. The van der Waals surface area contributed by atoms with E-state index in [1.54, 1.807) is 0 Å². The van der Waals surface area contributed by atoms with Crippen LogP contribution in [0.3, 0.4) is 0 Å². The van der Waals surface area contributed by atoms with Gasteiger partial charge in [0.1, 0.15) is 0 Å². The second-order valence-electron chi connectivity index (χ2n) is 28.4. The Morgan fingerprint density at radius 2 is 0.543 bits per heavy atom. The van der Waals surface area contributed by atoms with Gasteiger partial charge >= 0.3 is 0 Å². The van der Waals surface area contributed by atoms with Crippen LogP contribution in [-0.2, 0) is 22.7 Å². The molecule has 15 aromatic carbocycles. The van der Waals surface area contributed by atoms with Crippen molar-refractivity contribution in [2.45, 2.75) is 64.2 Å². The Morgan fingerprint density at radius 3 is 0.979 bits per heavy atom. The molecule has 4 aliphatic carbocycles. The minimum atomic E-state index is -0.195. The summed E-state index contributed by atoms with van der Waals surface area (Å²) in [6.07, 6.45) is 0.904. The fraction of sp³-hybridized carbons (Fsp3) is 0.109. The first-order valence-electron chi connectivity index (χ1n) is 33.4. The molecule has 94 heavy (non-hydrogen) atoms. The molecule has 0 unspecified atom stereocenters. The van der Waals surface area contributed by atoms with Crippen molar-refractivity contribution in [1.82, 2.24) is 0 Å². The molecule has 0 saturated carbocycles. The summed E-state index contributed by atoms with van der Waals surface area (Å²) in [7, 11) is 0. The summed E-state index contributed by atoms with van der Waals surface area (Å²) < 4.78 is 0. The van der Waals surface area contributed by atoms with Crippen LogP contribution >= 0.6 is 0 Å². The molecule has 15 aromatic rings. The molecule has 0 radical (unpaired) electrons. The first-order chi connectivity index (χ1) is 45.8. The largest absolute Gasteiger partial charge is 0.310 e. The molecule has 4 aliphatic rings. The topological polar surface area (TPSA) is 6.48 Å². The molecule has 0 atom stereocenters. The molecule has 0 fully saturated rings. The second kappa shape index (κ2) is 20.0. The molecule has 0 aromatic heterocycles. The highest BCUT2D eigenvalue weighted by atomic mass is 15.1. The van der Waals surface area contributed by atoms with Crippen molar-refractivity contribution in [3.8, 4) is 66.8 Å². The minimum absolute atomic E-state index is 0.187. The molecule has 0 bridgehead atoms. The van der Waals surface area contributed by atoms with Gasteiger partial charge in [0.2, 0.25) is 0 Å². The molecule has 19 rings (SSSR count). The van der Waals surface area contributed by atoms with Gasteiger partial charge < -0.3 is 9.80 Å². The van der Waals surface area contributed by atoms with E-state index < -0.39 is 0 Å². The van der Waals surface area contributed by atoms with E-state index in [2.05, 4.69) is 343 Å². The summed E-state index contributed by atoms with van der Waals surface area (Å²) in [6.45, 7) is 14.4. The molecule has 0 amide bonds. The summed E-state index contributed by atoms with van der Waals surface area (Å²) in [4.78, 5) is 5.09. The summed E-state index contributed by atoms with van der Waals surface area (Å²) >= 11 is 0. The van der Waals surface area contributed by atoms with Gasteiger partial charge in [-0.1, -0.05) is 248 Å². The molecule has 0 spiro atoms. The number of rotatable bonds is 8. The third-order valence-corrected chi connectivity index (χ3v) is 22.2. The van der Waals surface area contributed by atoms with Gasteiger partial charge in [-0.2, -0.15) is 0 Å². The van der Waals surface area contributed by atoms with E-state index in [0.29, 0.717) is 0 Å². The van der Waals surface area contributed by atoms with E-state index >= 15 is 0 Å². The van der Waals surface area contributed by atoms with Crippen LogP contribution in [0.1, 0.15) is 86.1 Å². The quantitative estimate of drug-likeness (QED) is 0.140. The molecule has 2 nitrogen and oxygen atoms in total. The summed E-state index contributed by atoms with van der Waals surface area (Å²) in [5.74, 6) is 0. The van der Waals surface area contributed by atoms with Gasteiger partial charge in [-0.05, 0) is 246 Å². The fourth-order valence-electron chi connectivity index (χ4n) is 17.5. The number of hydrogen-bond donors (Lipinski definition) is 0. The normalized spacial score (nSPS) is 14.5. The SMILES string of the molecule is CC1(C)c2ccccc2-c2ccc(N(c3ccc4c(c3)Cc3ccccc3-4)c3ccc4c(-c5ccc6ccccc6c5)c5cc(N(c6ccc7c(c6)C(C)(C)c6ccccc6-7)c6ccc7c(c6)C(C)(C)c6ccccc6-7)ccc5c(-c5ccc6ccccc6c5)c4c3)cc21. The first-order valence-corrected chi connectivity index (χ1v) is 33.4. The van der Waals surface area contributed by atoms with Crippen molar-refractivity contribution in [3.05, 3.63) is 336 Å². The smallest absolute Gasteiger partial charge is 0.0468 e. The first kappa shape index (κ1) is 54.7. The van der Waals surface area contributed by atoms with Crippen molar-refractivity contribution < 1.29 is 0 Å². The lowest BCUT2D eigenvalue weighted by molar-refractivity contribution is 0.660. The van der Waals surface area contributed by atoms with Crippen LogP contribution in [0.5, 0.6) is 0 Å². The van der Waals surface area contributed by atoms with Gasteiger partial charge in [0.25, 0.3) is 0 Å². The van der Waals surface area contributed by atoms with Crippen molar-refractivity contribution in [3.63, 3.8) is 0 Å². The Bertz CT molecular complexity index is 5670. The van der Waals surface area contributed by atoms with Gasteiger partial charge in [-0.25, -0.2) is 0 Å². The number of nitrogens with zero attached hydrogens (tertiary/aromatic N) is 2. The lowest BCUT2D eigenvalue weighted by Gasteiger charge is -2.31. The summed E-state index contributed by atoms with van der Waals surface area (Å²) in [5.41, 5.74) is 32.4. The molecular formula is C92H68N2. The van der Waals surface area contributed by atoms with Gasteiger partial charge in [-0.15, -0.1) is 0 Å². The second-order valence-corrected chi connectivity index (χ2v) is 28.4. The minimum Gasteiger partial charge on any atom is -0.310 e. The van der Waals surface area contributed by atoms with E-state index in [4.69, 9.17) is 0 Å². The third-order valence-electron chi connectivity index (χ3n) is 22.2. The van der Waals surface area contributed by atoms with E-state index in [0.717, 1.165) is 40.5 Å². The highest BCUT2D eigenvalue weighted by Crippen LogP contribution is 2.57. The predicted molar refractivity (Wildman–Crippen MR) is 398 cm³/mol. The van der Waals surface area contributed by atoms with Crippen LogP contribution in [0.2, 0.25) is 0 Å². The Balaban J connectivity index is 0.886. The van der Waals surface area contributed by atoms with E-state index in [9.17, 15) is 0 Å². The molecule has 0 heterocycles. The maximum atomic E-state index is 2.55. The highest BCUT2D eigenvalue weighted by Gasteiger charge is 2.39. The summed E-state index contributed by atoms with van der Waals surface area (Å²) in [5, 5.41) is 9.65. The van der Waals surface area contributed by atoms with Crippen molar-refractivity contribution in [2.24, 2.45) is 0 Å². The Morgan fingerprint density at radius 1 is 0.223 bits per heavy atom. The monoisotopic (exact) mass is 1200 g/mol. The fourth-order valence-corrected chi connectivity index (χ4v) is 17.5. The predicted octanol–water partition coefficient (Wildman–Crippen LogP) is 25.1. The van der Waals surface area contributed by atoms with Crippen LogP contribution in [0.4, 0.5) is 34.1 Å². The lowest BCUT2D eigenvalue weighted by Crippen LogP contribution is -2.18. The highest BCUT2D eigenvalue weighted by molar-refractivity contribution is 6.23. The van der Waals surface area contributed by atoms with Gasteiger partial charge in [0.15, 0.2) is 0 Å². The number of fused-ring (bicyclic) bond motifs is 16. The van der Waals surface area contributed by atoms with Gasteiger partial charge in [0, 0.05) is 50.4 Å². The van der Waals surface area contributed by atoms with Crippen LogP contribution in [0.15, 0.2) is 291 Å². The average molecular weight is 1200 g/mol. The number of anilines is 6. The van der Waals surface area contributed by atoms with Crippen LogP contribution < -0.4 is 9.80 Å². The Labute approximate surface area is 550 Å². The maximum absolute atomic E-state index is 2.55. The molecule has 2 heteroatoms. The molecule has 446 valence electrons. The zero-order chi connectivity index (χ0) is 62.9. The van der Waals surface area contributed by atoms with E-state index in [1.807, 2.05) is 0 Å². The van der Waals surface area contributed by atoms with E-state index in [-0.39, 0.29) is 16.2 Å². The third kappa shape index (κ3) is 7.96. The van der Waals surface area contributed by atoms with Crippen molar-refractivity contribution >= 4 is 77.2 Å².